The Kier molecular flexibility index (Phi) is 2.73. The zero-order valence-electron chi connectivity index (χ0n) is 6.95. The average Bonchev–Trinajstić information content (AvgIpc) is 2.16. The lowest BCUT2D eigenvalue weighted by molar-refractivity contribution is -0.386. The number of carboxylic acids is 1. The van der Waals surface area contributed by atoms with E-state index in [9.17, 15) is 14.9 Å². The molecule has 1 aromatic heterocycles. The smallest absolute Gasteiger partial charge is 0.327 e. The third-order valence-corrected chi connectivity index (χ3v) is 1.57. The van der Waals surface area contributed by atoms with Gasteiger partial charge in [0.15, 0.2) is 6.04 Å². The SMILES string of the molecule is N[C@@H](C(=O)O)c1ncccc1[N+](=O)[O-]. The molecule has 0 aliphatic carbocycles. The maximum atomic E-state index is 10.5. The second-order valence-electron chi connectivity index (χ2n) is 2.48. The fourth-order valence-electron chi connectivity index (χ4n) is 0.920. The second-order valence-corrected chi connectivity index (χ2v) is 2.48. The lowest BCUT2D eigenvalue weighted by Crippen LogP contribution is -2.22. The van der Waals surface area contributed by atoms with Gasteiger partial charge in [0, 0.05) is 12.3 Å². The van der Waals surface area contributed by atoms with E-state index < -0.39 is 16.9 Å². The number of nitrogens with two attached hydrogens (primary N) is 1. The largest absolute Gasteiger partial charge is 0.480 e. The molecule has 0 saturated heterocycles. The van der Waals surface area contributed by atoms with Crippen molar-refractivity contribution in [3.63, 3.8) is 0 Å². The number of hydrogen-bond acceptors (Lipinski definition) is 5. The molecule has 14 heavy (non-hydrogen) atoms. The highest BCUT2D eigenvalue weighted by Gasteiger charge is 2.25. The first-order valence-corrected chi connectivity index (χ1v) is 3.61. The molecular weight excluding hydrogens is 190 g/mol. The minimum absolute atomic E-state index is 0.245. The van der Waals surface area contributed by atoms with E-state index in [1.54, 1.807) is 0 Å². The molecule has 0 amide bonds. The van der Waals surface area contributed by atoms with Crippen LogP contribution >= 0.6 is 0 Å². The van der Waals surface area contributed by atoms with Gasteiger partial charge in [-0.05, 0) is 6.07 Å². The molecule has 0 radical (unpaired) electrons. The molecule has 7 heteroatoms. The van der Waals surface area contributed by atoms with Crippen molar-refractivity contribution in [1.82, 2.24) is 4.98 Å². The minimum Gasteiger partial charge on any atom is -0.480 e. The molecule has 1 heterocycles. The van der Waals surface area contributed by atoms with E-state index in [1.165, 1.54) is 12.3 Å². The van der Waals surface area contributed by atoms with Gasteiger partial charge in [0.1, 0.15) is 5.69 Å². The first-order chi connectivity index (χ1) is 6.54. The molecule has 0 spiro atoms. The van der Waals surface area contributed by atoms with E-state index in [1.807, 2.05) is 0 Å². The highest BCUT2D eigenvalue weighted by Crippen LogP contribution is 2.20. The number of aromatic nitrogens is 1. The maximum Gasteiger partial charge on any atom is 0.327 e. The summed E-state index contributed by atoms with van der Waals surface area (Å²) in [6.45, 7) is 0. The van der Waals surface area contributed by atoms with Crippen molar-refractivity contribution in [2.75, 3.05) is 0 Å². The summed E-state index contributed by atoms with van der Waals surface area (Å²) in [4.78, 5) is 23.8. The van der Waals surface area contributed by atoms with Gasteiger partial charge in [0.2, 0.25) is 0 Å². The zero-order chi connectivity index (χ0) is 10.7. The predicted molar refractivity (Wildman–Crippen MR) is 45.5 cm³/mol. The fraction of sp³-hybridized carbons (Fsp3) is 0.143. The van der Waals surface area contributed by atoms with Gasteiger partial charge in [-0.2, -0.15) is 0 Å². The molecule has 0 fully saturated rings. The lowest BCUT2D eigenvalue weighted by atomic mass is 10.2. The normalized spacial score (nSPS) is 12.1. The average molecular weight is 197 g/mol. The third-order valence-electron chi connectivity index (χ3n) is 1.57. The van der Waals surface area contributed by atoms with Crippen molar-refractivity contribution >= 4 is 11.7 Å². The number of pyridine rings is 1. The van der Waals surface area contributed by atoms with Gasteiger partial charge < -0.3 is 10.8 Å². The first-order valence-electron chi connectivity index (χ1n) is 3.61. The van der Waals surface area contributed by atoms with Crippen LogP contribution in [0.4, 0.5) is 5.69 Å². The summed E-state index contributed by atoms with van der Waals surface area (Å²) >= 11 is 0. The van der Waals surface area contributed by atoms with Crippen molar-refractivity contribution in [2.45, 2.75) is 6.04 Å². The van der Waals surface area contributed by atoms with Crippen LogP contribution in [0.5, 0.6) is 0 Å². The van der Waals surface area contributed by atoms with Crippen molar-refractivity contribution in [2.24, 2.45) is 5.73 Å². The lowest BCUT2D eigenvalue weighted by Gasteiger charge is -2.04. The summed E-state index contributed by atoms with van der Waals surface area (Å²) in [5.74, 6) is -1.35. The molecule has 1 aromatic rings. The van der Waals surface area contributed by atoms with E-state index in [2.05, 4.69) is 4.98 Å². The molecule has 7 nitrogen and oxygen atoms in total. The van der Waals surface area contributed by atoms with Gasteiger partial charge in [-0.25, -0.2) is 0 Å². The zero-order valence-corrected chi connectivity index (χ0v) is 6.95. The Morgan fingerprint density at radius 1 is 1.71 bits per heavy atom. The van der Waals surface area contributed by atoms with Crippen LogP contribution in [0.2, 0.25) is 0 Å². The molecular formula is C7H7N3O4. The predicted octanol–water partition coefficient (Wildman–Crippen LogP) is 0.0742. The Morgan fingerprint density at radius 3 is 2.86 bits per heavy atom. The highest BCUT2D eigenvalue weighted by atomic mass is 16.6. The number of rotatable bonds is 3. The first kappa shape index (κ1) is 10.1. The number of nitrogens with zero attached hydrogens (tertiary/aromatic N) is 2. The Morgan fingerprint density at radius 2 is 2.36 bits per heavy atom. The number of aliphatic carboxylic acids is 1. The summed E-state index contributed by atoms with van der Waals surface area (Å²) in [7, 11) is 0. The summed E-state index contributed by atoms with van der Waals surface area (Å²) in [6, 6.07) is 1.03. The van der Waals surface area contributed by atoms with Crippen LogP contribution in [0, 0.1) is 10.1 Å². The molecule has 0 aliphatic rings. The van der Waals surface area contributed by atoms with Crippen LogP contribution in [-0.2, 0) is 4.79 Å². The van der Waals surface area contributed by atoms with E-state index in [0.717, 1.165) is 6.07 Å². The summed E-state index contributed by atoms with van der Waals surface area (Å²) in [5, 5.41) is 19.0. The van der Waals surface area contributed by atoms with E-state index >= 15 is 0 Å². The van der Waals surface area contributed by atoms with Crippen LogP contribution in [0.15, 0.2) is 18.3 Å². The highest BCUT2D eigenvalue weighted by molar-refractivity contribution is 5.76. The Hall–Kier alpha value is -2.02. The molecule has 1 rings (SSSR count). The van der Waals surface area contributed by atoms with Gasteiger partial charge in [0.25, 0.3) is 5.69 Å². The summed E-state index contributed by atoms with van der Waals surface area (Å²) in [6.07, 6.45) is 1.26. The molecule has 0 saturated carbocycles. The van der Waals surface area contributed by atoms with Crippen molar-refractivity contribution in [1.29, 1.82) is 0 Å². The van der Waals surface area contributed by atoms with Gasteiger partial charge >= 0.3 is 5.97 Å². The monoisotopic (exact) mass is 197 g/mol. The van der Waals surface area contributed by atoms with E-state index in [4.69, 9.17) is 10.8 Å². The van der Waals surface area contributed by atoms with Crippen LogP contribution < -0.4 is 5.73 Å². The minimum atomic E-state index is -1.48. The van der Waals surface area contributed by atoms with Crippen LogP contribution in [-0.4, -0.2) is 21.0 Å². The van der Waals surface area contributed by atoms with Gasteiger partial charge in [-0.3, -0.25) is 19.9 Å². The van der Waals surface area contributed by atoms with Gasteiger partial charge in [-0.15, -0.1) is 0 Å². The van der Waals surface area contributed by atoms with Crippen LogP contribution in [0.3, 0.4) is 0 Å². The van der Waals surface area contributed by atoms with E-state index in [0.29, 0.717) is 0 Å². The van der Waals surface area contributed by atoms with Crippen molar-refractivity contribution < 1.29 is 14.8 Å². The molecule has 1 atom stereocenters. The van der Waals surface area contributed by atoms with Crippen LogP contribution in [0.25, 0.3) is 0 Å². The molecule has 3 N–H and O–H groups in total. The Labute approximate surface area is 78.3 Å². The number of hydrogen-bond donors (Lipinski definition) is 2. The number of carbonyl (C=O) groups is 1. The quantitative estimate of drug-likeness (QED) is 0.522. The number of carboxylic acid groups (broad SMARTS) is 1. The molecule has 0 unspecified atom stereocenters. The van der Waals surface area contributed by atoms with Gasteiger partial charge in [0.05, 0.1) is 4.92 Å². The second kappa shape index (κ2) is 3.79. The summed E-state index contributed by atoms with van der Waals surface area (Å²) < 4.78 is 0. The fourth-order valence-corrected chi connectivity index (χ4v) is 0.920. The number of nitro groups is 1. The van der Waals surface area contributed by atoms with Gasteiger partial charge in [-0.1, -0.05) is 0 Å². The molecule has 74 valence electrons. The van der Waals surface area contributed by atoms with Crippen molar-refractivity contribution in [3.8, 4) is 0 Å². The van der Waals surface area contributed by atoms with Crippen LogP contribution in [0.1, 0.15) is 11.7 Å². The van der Waals surface area contributed by atoms with Crippen molar-refractivity contribution in [3.05, 3.63) is 34.1 Å². The summed E-state index contributed by atoms with van der Waals surface area (Å²) in [5.41, 5.74) is 4.58. The third kappa shape index (κ3) is 1.83. The molecule has 0 aromatic carbocycles. The van der Waals surface area contributed by atoms with E-state index in [-0.39, 0.29) is 11.4 Å². The topological polar surface area (TPSA) is 119 Å². The maximum absolute atomic E-state index is 10.5. The Bertz CT molecular complexity index is 379. The standard InChI is InChI=1S/C7H7N3O4/c8-5(7(11)12)6-4(10(13)14)2-1-3-9-6/h1-3,5H,8H2,(H,11,12)/t5-/m1/s1. The molecule has 0 aliphatic heterocycles. The molecule has 0 bridgehead atoms. The Balaban J connectivity index is 3.19.